The van der Waals surface area contributed by atoms with Crippen molar-refractivity contribution in [2.24, 2.45) is 5.73 Å². The predicted octanol–water partition coefficient (Wildman–Crippen LogP) is 2.74. The minimum Gasteiger partial charge on any atom is -0.493 e. The van der Waals surface area contributed by atoms with E-state index in [4.69, 9.17) is 27.4 Å². The van der Waals surface area contributed by atoms with Crippen molar-refractivity contribution in [3.05, 3.63) is 28.8 Å². The van der Waals surface area contributed by atoms with E-state index in [1.165, 1.54) is 0 Å². The largest absolute Gasteiger partial charge is 0.493 e. The van der Waals surface area contributed by atoms with Gasteiger partial charge in [-0.2, -0.15) is 0 Å². The lowest BCUT2D eigenvalue weighted by atomic mass is 10.1. The lowest BCUT2D eigenvalue weighted by Gasteiger charge is -2.13. The Balaban J connectivity index is 2.63. The molecule has 0 saturated carbocycles. The maximum Gasteiger partial charge on any atom is 0.125 e. The minimum absolute atomic E-state index is 0.420. The van der Waals surface area contributed by atoms with E-state index >= 15 is 0 Å². The van der Waals surface area contributed by atoms with Crippen molar-refractivity contribution in [2.75, 3.05) is 19.8 Å². The van der Waals surface area contributed by atoms with Crippen LogP contribution in [0.5, 0.6) is 5.75 Å². The number of hydrogen-bond donors (Lipinski definition) is 1. The maximum atomic E-state index is 5.78. The molecule has 0 unspecified atom stereocenters. The van der Waals surface area contributed by atoms with Crippen LogP contribution in [-0.4, -0.2) is 24.8 Å². The summed E-state index contributed by atoms with van der Waals surface area (Å²) in [5, 5.41) is 0. The summed E-state index contributed by atoms with van der Waals surface area (Å²) < 4.78 is 11.1. The van der Waals surface area contributed by atoms with Crippen LogP contribution in [0.4, 0.5) is 0 Å². The molecule has 0 heterocycles. The van der Waals surface area contributed by atoms with Gasteiger partial charge in [0.1, 0.15) is 10.7 Å². The van der Waals surface area contributed by atoms with Gasteiger partial charge in [0.2, 0.25) is 0 Å². The molecule has 3 nitrogen and oxygen atoms in total. The van der Waals surface area contributed by atoms with Gasteiger partial charge in [-0.1, -0.05) is 12.2 Å². The van der Waals surface area contributed by atoms with Gasteiger partial charge in [-0.3, -0.25) is 0 Å². The molecular weight excluding hydrogens is 246 g/mol. The topological polar surface area (TPSA) is 44.5 Å². The number of benzene rings is 1. The lowest BCUT2D eigenvalue weighted by Crippen LogP contribution is -2.11. The molecule has 0 aliphatic carbocycles. The lowest BCUT2D eigenvalue weighted by molar-refractivity contribution is 0.130. The van der Waals surface area contributed by atoms with Gasteiger partial charge in [0.15, 0.2) is 0 Å². The van der Waals surface area contributed by atoms with E-state index in [0.29, 0.717) is 11.6 Å². The molecule has 0 aliphatic rings. The number of nitrogens with two attached hydrogens (primary N) is 1. The number of rotatable bonds is 7. The summed E-state index contributed by atoms with van der Waals surface area (Å²) in [4.78, 5) is 0.420. The Morgan fingerprint density at radius 1 is 1.22 bits per heavy atom. The summed E-state index contributed by atoms with van der Waals surface area (Å²) in [7, 11) is 0. The molecule has 0 radical (unpaired) electrons. The zero-order valence-electron chi connectivity index (χ0n) is 11.3. The average Bonchev–Trinajstić information content (AvgIpc) is 2.31. The Bertz CT molecular complexity index is 395. The van der Waals surface area contributed by atoms with Crippen LogP contribution < -0.4 is 10.5 Å². The first-order valence-electron chi connectivity index (χ1n) is 6.17. The molecule has 0 aromatic heterocycles. The third-order valence-corrected chi connectivity index (χ3v) is 2.86. The zero-order chi connectivity index (χ0) is 13.5. The first kappa shape index (κ1) is 14.9. The monoisotopic (exact) mass is 267 g/mol. The molecule has 100 valence electrons. The van der Waals surface area contributed by atoms with Crippen LogP contribution in [0.15, 0.2) is 12.1 Å². The molecule has 0 amide bonds. The summed E-state index contributed by atoms with van der Waals surface area (Å²) in [6.07, 6.45) is 0.893. The molecule has 1 aromatic carbocycles. The number of hydrogen-bond acceptors (Lipinski definition) is 3. The van der Waals surface area contributed by atoms with Crippen LogP contribution in [-0.2, 0) is 4.74 Å². The number of ether oxygens (including phenoxy) is 2. The third kappa shape index (κ3) is 4.27. The Kier molecular flexibility index (Phi) is 6.09. The normalized spacial score (nSPS) is 10.4. The highest BCUT2D eigenvalue weighted by atomic mass is 32.1. The van der Waals surface area contributed by atoms with Gasteiger partial charge < -0.3 is 15.2 Å². The van der Waals surface area contributed by atoms with Gasteiger partial charge in [-0.05, 0) is 44.0 Å². The molecule has 0 aliphatic heterocycles. The Morgan fingerprint density at radius 3 is 2.33 bits per heavy atom. The molecule has 0 spiro atoms. The maximum absolute atomic E-state index is 5.78. The van der Waals surface area contributed by atoms with E-state index in [0.717, 1.165) is 42.1 Å². The molecule has 1 rings (SSSR count). The summed E-state index contributed by atoms with van der Waals surface area (Å²) in [5.41, 5.74) is 8.65. The molecule has 4 heteroatoms. The van der Waals surface area contributed by atoms with E-state index in [9.17, 15) is 0 Å². The smallest absolute Gasteiger partial charge is 0.125 e. The average molecular weight is 267 g/mol. The highest BCUT2D eigenvalue weighted by Gasteiger charge is 2.07. The van der Waals surface area contributed by atoms with Crippen LogP contribution in [0.2, 0.25) is 0 Å². The summed E-state index contributed by atoms with van der Waals surface area (Å²) >= 11 is 4.98. The van der Waals surface area contributed by atoms with Crippen molar-refractivity contribution in [3.63, 3.8) is 0 Å². The van der Waals surface area contributed by atoms with E-state index in [2.05, 4.69) is 0 Å². The van der Waals surface area contributed by atoms with E-state index in [-0.39, 0.29) is 0 Å². The van der Waals surface area contributed by atoms with Crippen molar-refractivity contribution in [1.82, 2.24) is 0 Å². The molecular formula is C14H21NO2S. The van der Waals surface area contributed by atoms with Gasteiger partial charge in [-0.15, -0.1) is 0 Å². The fourth-order valence-corrected chi connectivity index (χ4v) is 1.92. The quantitative estimate of drug-likeness (QED) is 0.609. The van der Waals surface area contributed by atoms with Crippen molar-refractivity contribution in [3.8, 4) is 5.75 Å². The first-order valence-corrected chi connectivity index (χ1v) is 6.58. The van der Waals surface area contributed by atoms with Crippen LogP contribution >= 0.6 is 12.2 Å². The van der Waals surface area contributed by atoms with Crippen LogP contribution in [0.1, 0.15) is 30.0 Å². The molecule has 0 atom stereocenters. The van der Waals surface area contributed by atoms with Crippen molar-refractivity contribution in [2.45, 2.75) is 27.2 Å². The highest BCUT2D eigenvalue weighted by Crippen LogP contribution is 2.24. The Hall–Kier alpha value is -1.13. The molecule has 1 aromatic rings. The Labute approximate surface area is 114 Å². The number of aryl methyl sites for hydroxylation is 2. The van der Waals surface area contributed by atoms with Crippen molar-refractivity contribution >= 4 is 17.2 Å². The van der Waals surface area contributed by atoms with Gasteiger partial charge in [0.05, 0.1) is 6.61 Å². The van der Waals surface area contributed by atoms with E-state index in [1.807, 2.05) is 32.9 Å². The fraction of sp³-hybridized carbons (Fsp3) is 0.500. The standard InChI is InChI=1S/C14H21NO2S/c1-4-16-6-5-7-17-13-10(2)8-12(14(15)18)9-11(13)3/h8-9H,4-7H2,1-3H3,(H2,15,18). The molecule has 2 N–H and O–H groups in total. The number of thiocarbonyl (C=S) groups is 1. The molecule has 0 bridgehead atoms. The van der Waals surface area contributed by atoms with E-state index in [1.54, 1.807) is 0 Å². The van der Waals surface area contributed by atoms with Gasteiger partial charge in [-0.25, -0.2) is 0 Å². The van der Waals surface area contributed by atoms with Gasteiger partial charge in [0.25, 0.3) is 0 Å². The fourth-order valence-electron chi connectivity index (χ4n) is 1.80. The van der Waals surface area contributed by atoms with Crippen LogP contribution in [0.25, 0.3) is 0 Å². The second-order valence-corrected chi connectivity index (χ2v) is 4.64. The van der Waals surface area contributed by atoms with Gasteiger partial charge >= 0.3 is 0 Å². The van der Waals surface area contributed by atoms with Crippen molar-refractivity contribution in [1.29, 1.82) is 0 Å². The van der Waals surface area contributed by atoms with Crippen LogP contribution in [0.3, 0.4) is 0 Å². The third-order valence-electron chi connectivity index (χ3n) is 2.63. The Morgan fingerprint density at radius 2 is 1.83 bits per heavy atom. The van der Waals surface area contributed by atoms with Gasteiger partial charge in [0, 0.05) is 25.2 Å². The highest BCUT2D eigenvalue weighted by molar-refractivity contribution is 7.80. The predicted molar refractivity (Wildman–Crippen MR) is 78.4 cm³/mol. The second kappa shape index (κ2) is 7.34. The second-order valence-electron chi connectivity index (χ2n) is 4.20. The molecule has 0 saturated heterocycles. The zero-order valence-corrected chi connectivity index (χ0v) is 12.1. The first-order chi connectivity index (χ1) is 8.56. The summed E-state index contributed by atoms with van der Waals surface area (Å²) in [6.45, 7) is 8.15. The molecule has 0 fully saturated rings. The minimum atomic E-state index is 0.420. The SMILES string of the molecule is CCOCCCOc1c(C)cc(C(N)=S)cc1C. The summed E-state index contributed by atoms with van der Waals surface area (Å²) in [5.74, 6) is 0.923. The summed E-state index contributed by atoms with van der Waals surface area (Å²) in [6, 6.07) is 3.93. The van der Waals surface area contributed by atoms with Crippen molar-refractivity contribution < 1.29 is 9.47 Å². The van der Waals surface area contributed by atoms with Crippen LogP contribution in [0, 0.1) is 13.8 Å². The van der Waals surface area contributed by atoms with E-state index < -0.39 is 0 Å². The molecule has 18 heavy (non-hydrogen) atoms.